The first-order valence-corrected chi connectivity index (χ1v) is 7.70. The van der Waals surface area contributed by atoms with Crippen LogP contribution in [0.15, 0.2) is 42.5 Å². The Morgan fingerprint density at radius 3 is 2.05 bits per heavy atom. The molecule has 0 amide bonds. The second kappa shape index (κ2) is 5.74. The van der Waals surface area contributed by atoms with E-state index in [0.29, 0.717) is 6.04 Å². The minimum absolute atomic E-state index is 0.611. The molecule has 1 aromatic heterocycles. The van der Waals surface area contributed by atoms with E-state index in [-0.39, 0.29) is 0 Å². The number of aryl methyl sites for hydroxylation is 2. The van der Waals surface area contributed by atoms with Crippen molar-refractivity contribution in [3.63, 3.8) is 0 Å². The van der Waals surface area contributed by atoms with E-state index in [1.165, 1.54) is 42.6 Å². The second-order valence-electron chi connectivity index (χ2n) is 6.04. The highest BCUT2D eigenvalue weighted by Crippen LogP contribution is 2.33. The Labute approximate surface area is 121 Å². The lowest BCUT2D eigenvalue weighted by atomic mass is 9.82. The lowest BCUT2D eigenvalue weighted by Gasteiger charge is -2.31. The van der Waals surface area contributed by atoms with E-state index in [9.17, 15) is 0 Å². The summed E-state index contributed by atoms with van der Waals surface area (Å²) in [6.45, 7) is 4.32. The van der Waals surface area contributed by atoms with Gasteiger partial charge >= 0.3 is 0 Å². The highest BCUT2D eigenvalue weighted by Gasteiger charge is 2.22. The molecular weight excluding hydrogens is 244 g/mol. The van der Waals surface area contributed by atoms with Gasteiger partial charge in [0.05, 0.1) is 0 Å². The normalized spacial score (nSPS) is 22.7. The predicted octanol–water partition coefficient (Wildman–Crippen LogP) is 4.37. The zero-order valence-electron chi connectivity index (χ0n) is 12.5. The van der Waals surface area contributed by atoms with E-state index in [0.717, 1.165) is 5.92 Å². The quantitative estimate of drug-likeness (QED) is 0.874. The third-order valence-corrected chi connectivity index (χ3v) is 4.58. The Morgan fingerprint density at radius 2 is 1.45 bits per heavy atom. The van der Waals surface area contributed by atoms with Gasteiger partial charge in [0.2, 0.25) is 0 Å². The van der Waals surface area contributed by atoms with Crippen LogP contribution in [-0.2, 0) is 0 Å². The van der Waals surface area contributed by atoms with Crippen molar-refractivity contribution in [1.82, 2.24) is 4.68 Å². The number of hydrogen-bond acceptors (Lipinski definition) is 1. The van der Waals surface area contributed by atoms with Gasteiger partial charge in [-0.05, 0) is 63.1 Å². The van der Waals surface area contributed by atoms with E-state index in [2.05, 4.69) is 66.4 Å². The van der Waals surface area contributed by atoms with E-state index in [1.807, 2.05) is 0 Å². The van der Waals surface area contributed by atoms with Gasteiger partial charge in [0.15, 0.2) is 0 Å². The molecule has 1 aliphatic rings. The van der Waals surface area contributed by atoms with Gasteiger partial charge in [-0.1, -0.05) is 30.3 Å². The summed E-state index contributed by atoms with van der Waals surface area (Å²) in [5.41, 5.74) is 7.80. The first kappa shape index (κ1) is 13.3. The fourth-order valence-corrected chi connectivity index (χ4v) is 3.34. The molecule has 2 aromatic rings. The van der Waals surface area contributed by atoms with Crippen LogP contribution >= 0.6 is 0 Å². The smallest absolute Gasteiger partial charge is 0.0425 e. The molecule has 1 saturated carbocycles. The first-order chi connectivity index (χ1) is 9.74. The molecule has 1 aliphatic carbocycles. The lowest BCUT2D eigenvalue weighted by Crippen LogP contribution is -2.32. The van der Waals surface area contributed by atoms with Crippen molar-refractivity contribution in [1.29, 1.82) is 0 Å². The highest BCUT2D eigenvalue weighted by atomic mass is 15.4. The number of aromatic nitrogens is 1. The van der Waals surface area contributed by atoms with Crippen molar-refractivity contribution in [2.45, 2.75) is 51.5 Å². The Kier molecular flexibility index (Phi) is 3.81. The van der Waals surface area contributed by atoms with Crippen LogP contribution in [0.2, 0.25) is 0 Å². The largest absolute Gasteiger partial charge is 0.323 e. The van der Waals surface area contributed by atoms with Gasteiger partial charge in [0.1, 0.15) is 0 Å². The number of nitrogens with zero attached hydrogens (tertiary/aromatic N) is 1. The van der Waals surface area contributed by atoms with Gasteiger partial charge in [-0.15, -0.1) is 0 Å². The summed E-state index contributed by atoms with van der Waals surface area (Å²) >= 11 is 0. The van der Waals surface area contributed by atoms with Crippen molar-refractivity contribution in [3.05, 3.63) is 59.4 Å². The fraction of sp³-hybridized carbons (Fsp3) is 0.444. The van der Waals surface area contributed by atoms with Crippen LogP contribution in [0.3, 0.4) is 0 Å². The van der Waals surface area contributed by atoms with E-state index in [1.54, 1.807) is 0 Å². The molecule has 0 radical (unpaired) electrons. The van der Waals surface area contributed by atoms with Gasteiger partial charge in [0, 0.05) is 17.4 Å². The van der Waals surface area contributed by atoms with Gasteiger partial charge in [0.25, 0.3) is 0 Å². The molecule has 2 heteroatoms. The Morgan fingerprint density at radius 1 is 0.850 bits per heavy atom. The van der Waals surface area contributed by atoms with Gasteiger partial charge in [-0.2, -0.15) is 0 Å². The minimum atomic E-state index is 0.611. The van der Waals surface area contributed by atoms with E-state index in [4.69, 9.17) is 0 Å². The Bertz CT molecular complexity index is 529. The number of benzene rings is 1. The maximum atomic E-state index is 3.69. The number of rotatable bonds is 3. The fourth-order valence-electron chi connectivity index (χ4n) is 3.34. The summed E-state index contributed by atoms with van der Waals surface area (Å²) in [6, 6.07) is 15.9. The molecule has 0 spiro atoms. The van der Waals surface area contributed by atoms with Crippen LogP contribution in [-0.4, -0.2) is 10.7 Å². The Balaban J connectivity index is 1.59. The molecule has 1 heterocycles. The molecule has 1 fully saturated rings. The molecule has 1 N–H and O–H groups in total. The lowest BCUT2D eigenvalue weighted by molar-refractivity contribution is 0.393. The molecule has 2 nitrogen and oxygen atoms in total. The first-order valence-electron chi connectivity index (χ1n) is 7.70. The maximum absolute atomic E-state index is 3.69. The predicted molar refractivity (Wildman–Crippen MR) is 84.7 cm³/mol. The molecule has 1 aromatic carbocycles. The van der Waals surface area contributed by atoms with Crippen molar-refractivity contribution in [2.75, 3.05) is 5.43 Å². The van der Waals surface area contributed by atoms with Crippen molar-refractivity contribution in [3.8, 4) is 0 Å². The second-order valence-corrected chi connectivity index (χ2v) is 6.04. The van der Waals surface area contributed by atoms with Crippen LogP contribution in [0.25, 0.3) is 0 Å². The molecule has 0 bridgehead atoms. The SMILES string of the molecule is Cc1ccc(C)n1NC1CCC(c2ccccc2)CC1. The van der Waals surface area contributed by atoms with E-state index < -0.39 is 0 Å². The molecule has 106 valence electrons. The molecule has 20 heavy (non-hydrogen) atoms. The van der Waals surface area contributed by atoms with Gasteiger partial charge in [-0.3, -0.25) is 4.68 Å². The van der Waals surface area contributed by atoms with Crippen LogP contribution < -0.4 is 5.43 Å². The van der Waals surface area contributed by atoms with Gasteiger partial charge < -0.3 is 5.43 Å². The summed E-state index contributed by atoms with van der Waals surface area (Å²) in [5, 5.41) is 0. The third-order valence-electron chi connectivity index (χ3n) is 4.58. The maximum Gasteiger partial charge on any atom is 0.0425 e. The zero-order valence-corrected chi connectivity index (χ0v) is 12.5. The standard InChI is InChI=1S/C18H24N2/c1-14-8-9-15(2)20(14)19-18-12-10-17(11-13-18)16-6-4-3-5-7-16/h3-9,17-19H,10-13H2,1-2H3. The molecule has 0 atom stereocenters. The average Bonchev–Trinajstić information content (AvgIpc) is 2.81. The average molecular weight is 268 g/mol. The van der Waals surface area contributed by atoms with E-state index >= 15 is 0 Å². The summed E-state index contributed by atoms with van der Waals surface area (Å²) < 4.78 is 2.24. The zero-order chi connectivity index (χ0) is 13.9. The van der Waals surface area contributed by atoms with Crippen molar-refractivity contribution in [2.24, 2.45) is 0 Å². The Hall–Kier alpha value is -1.70. The molecular formula is C18H24N2. The summed E-state index contributed by atoms with van der Waals surface area (Å²) in [6.07, 6.45) is 5.11. The van der Waals surface area contributed by atoms with Crippen LogP contribution in [0.4, 0.5) is 0 Å². The van der Waals surface area contributed by atoms with Gasteiger partial charge in [-0.25, -0.2) is 0 Å². The molecule has 3 rings (SSSR count). The monoisotopic (exact) mass is 268 g/mol. The molecule has 0 saturated heterocycles. The van der Waals surface area contributed by atoms with Crippen LogP contribution in [0.1, 0.15) is 48.6 Å². The molecule has 0 unspecified atom stereocenters. The third kappa shape index (κ3) is 2.74. The summed E-state index contributed by atoms with van der Waals surface area (Å²) in [5.74, 6) is 0.751. The van der Waals surface area contributed by atoms with Crippen molar-refractivity contribution < 1.29 is 0 Å². The summed E-state index contributed by atoms with van der Waals surface area (Å²) in [7, 11) is 0. The number of hydrogen-bond donors (Lipinski definition) is 1. The highest BCUT2D eigenvalue weighted by molar-refractivity contribution is 5.21. The topological polar surface area (TPSA) is 17.0 Å². The summed E-state index contributed by atoms with van der Waals surface area (Å²) in [4.78, 5) is 0. The van der Waals surface area contributed by atoms with Crippen LogP contribution in [0, 0.1) is 13.8 Å². The van der Waals surface area contributed by atoms with Crippen LogP contribution in [0.5, 0.6) is 0 Å². The number of nitrogens with one attached hydrogen (secondary N) is 1. The minimum Gasteiger partial charge on any atom is -0.323 e. The molecule has 0 aliphatic heterocycles. The van der Waals surface area contributed by atoms with Crippen molar-refractivity contribution >= 4 is 0 Å².